The molecule has 2 aromatic carbocycles. The Kier molecular flexibility index (Phi) is 3.81. The van der Waals surface area contributed by atoms with E-state index < -0.39 is 17.8 Å². The number of carboxylic acids is 1. The molecule has 3 rings (SSSR count). The fraction of sp³-hybridized carbons (Fsp3) is 0.0625. The molecule has 1 atom stereocenters. The number of rotatable bonds is 3. The first kappa shape index (κ1) is 14.9. The zero-order valence-corrected chi connectivity index (χ0v) is 12.6. The zero-order valence-electron chi connectivity index (χ0n) is 11.1. The summed E-state index contributed by atoms with van der Waals surface area (Å²) in [5.41, 5.74) is 1.03. The first-order valence-electron chi connectivity index (χ1n) is 6.41. The number of hydrogen-bond donors (Lipinski definition) is 1. The summed E-state index contributed by atoms with van der Waals surface area (Å²) >= 11 is 12.0. The van der Waals surface area contributed by atoms with E-state index in [1.54, 1.807) is 35.0 Å². The molecule has 0 aliphatic rings. The standard InChI is InChI=1S/C16H10Cl2FNO2/c17-10-1-4-14-9(7-10)5-6-20(14)15(16(21)22)12-3-2-11(19)8-13(12)18/h1-8,15H,(H,21,22). The van der Waals surface area contributed by atoms with Crippen LogP contribution in [-0.4, -0.2) is 15.6 Å². The lowest BCUT2D eigenvalue weighted by molar-refractivity contribution is -0.139. The van der Waals surface area contributed by atoms with E-state index in [0.29, 0.717) is 16.1 Å². The molecule has 6 heteroatoms. The summed E-state index contributed by atoms with van der Waals surface area (Å²) in [7, 11) is 0. The van der Waals surface area contributed by atoms with Gasteiger partial charge in [-0.25, -0.2) is 9.18 Å². The first-order valence-corrected chi connectivity index (χ1v) is 7.17. The van der Waals surface area contributed by atoms with Gasteiger partial charge in [-0.15, -0.1) is 0 Å². The molecule has 22 heavy (non-hydrogen) atoms. The zero-order chi connectivity index (χ0) is 15.9. The van der Waals surface area contributed by atoms with Crippen LogP contribution in [0.15, 0.2) is 48.7 Å². The number of nitrogens with zero attached hydrogens (tertiary/aromatic N) is 1. The predicted molar refractivity (Wildman–Crippen MR) is 84.1 cm³/mol. The molecule has 0 saturated carbocycles. The van der Waals surface area contributed by atoms with Crippen molar-refractivity contribution < 1.29 is 14.3 Å². The van der Waals surface area contributed by atoms with Crippen LogP contribution >= 0.6 is 23.2 Å². The molecule has 0 aliphatic heterocycles. The van der Waals surface area contributed by atoms with E-state index in [1.807, 2.05) is 0 Å². The number of carboxylic acid groups (broad SMARTS) is 1. The van der Waals surface area contributed by atoms with Crippen molar-refractivity contribution in [1.82, 2.24) is 4.57 Å². The van der Waals surface area contributed by atoms with Crippen molar-refractivity contribution in [3.8, 4) is 0 Å². The molecular formula is C16H10Cl2FNO2. The van der Waals surface area contributed by atoms with Crippen LogP contribution in [0.25, 0.3) is 10.9 Å². The number of carbonyl (C=O) groups is 1. The van der Waals surface area contributed by atoms with Gasteiger partial charge in [-0.3, -0.25) is 0 Å². The third-order valence-electron chi connectivity index (χ3n) is 3.45. The summed E-state index contributed by atoms with van der Waals surface area (Å²) in [5.74, 6) is -1.59. The highest BCUT2D eigenvalue weighted by Gasteiger charge is 2.25. The molecule has 0 aliphatic carbocycles. The van der Waals surface area contributed by atoms with Crippen molar-refractivity contribution in [3.63, 3.8) is 0 Å². The summed E-state index contributed by atoms with van der Waals surface area (Å²) < 4.78 is 14.8. The van der Waals surface area contributed by atoms with E-state index in [9.17, 15) is 14.3 Å². The smallest absolute Gasteiger partial charge is 0.331 e. The number of aromatic nitrogens is 1. The van der Waals surface area contributed by atoms with E-state index in [2.05, 4.69) is 0 Å². The van der Waals surface area contributed by atoms with E-state index in [-0.39, 0.29) is 5.02 Å². The van der Waals surface area contributed by atoms with Gasteiger partial charge in [0.05, 0.1) is 0 Å². The van der Waals surface area contributed by atoms with Crippen molar-refractivity contribution in [2.75, 3.05) is 0 Å². The molecule has 112 valence electrons. The van der Waals surface area contributed by atoms with Crippen LogP contribution in [0, 0.1) is 5.82 Å². The SMILES string of the molecule is O=C(O)C(c1ccc(F)cc1Cl)n1ccc2cc(Cl)ccc21. The van der Waals surface area contributed by atoms with E-state index in [0.717, 1.165) is 11.5 Å². The Balaban J connectivity index is 2.20. The number of hydrogen-bond acceptors (Lipinski definition) is 1. The van der Waals surface area contributed by atoms with E-state index >= 15 is 0 Å². The lowest BCUT2D eigenvalue weighted by atomic mass is 10.1. The van der Waals surface area contributed by atoms with Gasteiger partial charge in [0.15, 0.2) is 6.04 Å². The van der Waals surface area contributed by atoms with Crippen molar-refractivity contribution in [2.45, 2.75) is 6.04 Å². The Bertz CT molecular complexity index is 876. The number of fused-ring (bicyclic) bond motifs is 1. The highest BCUT2D eigenvalue weighted by atomic mass is 35.5. The molecule has 0 amide bonds. The Hall–Kier alpha value is -2.04. The summed E-state index contributed by atoms with van der Waals surface area (Å²) in [5, 5.41) is 11.1. The third kappa shape index (κ3) is 2.56. The average Bonchev–Trinajstić information content (AvgIpc) is 2.84. The first-order chi connectivity index (χ1) is 10.5. The molecule has 1 aromatic heterocycles. The monoisotopic (exact) mass is 337 g/mol. The van der Waals surface area contributed by atoms with Gasteiger partial charge >= 0.3 is 5.97 Å². The second-order valence-corrected chi connectivity index (χ2v) is 5.68. The highest BCUT2D eigenvalue weighted by Crippen LogP contribution is 2.31. The number of aliphatic carboxylic acids is 1. The van der Waals surface area contributed by atoms with Crippen LogP contribution in [-0.2, 0) is 4.79 Å². The van der Waals surface area contributed by atoms with Crippen LogP contribution in [0.5, 0.6) is 0 Å². The van der Waals surface area contributed by atoms with Gasteiger partial charge in [0, 0.05) is 32.7 Å². The Morgan fingerprint density at radius 2 is 1.91 bits per heavy atom. The summed E-state index contributed by atoms with van der Waals surface area (Å²) in [6.07, 6.45) is 1.65. The molecule has 0 bridgehead atoms. The van der Waals surface area contributed by atoms with Gasteiger partial charge in [-0.1, -0.05) is 29.3 Å². The maximum atomic E-state index is 13.2. The lowest BCUT2D eigenvalue weighted by Crippen LogP contribution is -2.20. The van der Waals surface area contributed by atoms with Gasteiger partial charge in [0.2, 0.25) is 0 Å². The molecule has 1 unspecified atom stereocenters. The van der Waals surface area contributed by atoms with Crippen molar-refractivity contribution in [1.29, 1.82) is 0 Å². The molecule has 3 aromatic rings. The number of benzene rings is 2. The quantitative estimate of drug-likeness (QED) is 0.748. The molecule has 1 heterocycles. The topological polar surface area (TPSA) is 42.2 Å². The largest absolute Gasteiger partial charge is 0.479 e. The summed E-state index contributed by atoms with van der Waals surface area (Å²) in [6, 6.07) is 9.59. The van der Waals surface area contributed by atoms with Crippen molar-refractivity contribution in [3.05, 3.63) is 70.1 Å². The maximum Gasteiger partial charge on any atom is 0.331 e. The highest BCUT2D eigenvalue weighted by molar-refractivity contribution is 6.32. The Morgan fingerprint density at radius 1 is 1.14 bits per heavy atom. The second kappa shape index (κ2) is 5.63. The molecule has 0 spiro atoms. The summed E-state index contributed by atoms with van der Waals surface area (Å²) in [6.45, 7) is 0. The Labute approximate surface area is 135 Å². The lowest BCUT2D eigenvalue weighted by Gasteiger charge is -2.17. The third-order valence-corrected chi connectivity index (χ3v) is 4.01. The summed E-state index contributed by atoms with van der Waals surface area (Å²) in [4.78, 5) is 11.7. The van der Waals surface area contributed by atoms with Crippen LogP contribution in [0.3, 0.4) is 0 Å². The minimum absolute atomic E-state index is 0.0724. The fourth-order valence-corrected chi connectivity index (χ4v) is 2.94. The maximum absolute atomic E-state index is 13.2. The fourth-order valence-electron chi connectivity index (χ4n) is 2.49. The average molecular weight is 338 g/mol. The van der Waals surface area contributed by atoms with E-state index in [1.165, 1.54) is 12.1 Å². The second-order valence-electron chi connectivity index (χ2n) is 4.83. The molecule has 1 N–H and O–H groups in total. The minimum atomic E-state index is -1.08. The van der Waals surface area contributed by atoms with Gasteiger partial charge in [0.25, 0.3) is 0 Å². The molecule has 0 saturated heterocycles. The minimum Gasteiger partial charge on any atom is -0.479 e. The van der Waals surface area contributed by atoms with Gasteiger partial charge in [-0.2, -0.15) is 0 Å². The van der Waals surface area contributed by atoms with Gasteiger partial charge < -0.3 is 9.67 Å². The van der Waals surface area contributed by atoms with Gasteiger partial charge in [-0.05, 0) is 36.4 Å². The van der Waals surface area contributed by atoms with Crippen LogP contribution in [0.2, 0.25) is 10.0 Å². The number of halogens is 3. The van der Waals surface area contributed by atoms with Crippen LogP contribution in [0.1, 0.15) is 11.6 Å². The normalized spacial score (nSPS) is 12.5. The van der Waals surface area contributed by atoms with Crippen LogP contribution in [0.4, 0.5) is 4.39 Å². The van der Waals surface area contributed by atoms with Crippen LogP contribution < -0.4 is 0 Å². The molecule has 3 nitrogen and oxygen atoms in total. The Morgan fingerprint density at radius 3 is 2.59 bits per heavy atom. The molecule has 0 radical (unpaired) electrons. The predicted octanol–water partition coefficient (Wildman–Crippen LogP) is 4.76. The van der Waals surface area contributed by atoms with Gasteiger partial charge in [0.1, 0.15) is 5.82 Å². The molecular weight excluding hydrogens is 328 g/mol. The molecule has 0 fully saturated rings. The van der Waals surface area contributed by atoms with Crippen molar-refractivity contribution >= 4 is 40.1 Å². The van der Waals surface area contributed by atoms with Crippen molar-refractivity contribution in [2.24, 2.45) is 0 Å². The van der Waals surface area contributed by atoms with E-state index in [4.69, 9.17) is 23.2 Å².